The van der Waals surface area contributed by atoms with Crippen molar-refractivity contribution in [1.29, 1.82) is 5.26 Å². The number of rotatable bonds is 3. The van der Waals surface area contributed by atoms with E-state index in [0.717, 1.165) is 15.8 Å². The molecule has 2 N–H and O–H groups in total. The van der Waals surface area contributed by atoms with Gasteiger partial charge in [0.15, 0.2) is 5.78 Å². The summed E-state index contributed by atoms with van der Waals surface area (Å²) in [7, 11) is 0. The highest BCUT2D eigenvalue weighted by Crippen LogP contribution is 2.49. The van der Waals surface area contributed by atoms with Gasteiger partial charge in [0.1, 0.15) is 23.2 Å². The monoisotopic (exact) mass is 525 g/mol. The van der Waals surface area contributed by atoms with Crippen LogP contribution < -0.4 is 5.73 Å². The maximum Gasteiger partial charge on any atom is 0.211 e. The SMILES string of the molecule is Cc1ccc2nc(-n3cc(C4C(C#N)=C(N)OC5=C4C(=O)CC(C)(C)C5)c(-c4ccc(F)cc4)n3)sc2c1. The summed E-state index contributed by atoms with van der Waals surface area (Å²) in [6.07, 6.45) is 2.63. The Bertz CT molecular complexity index is 1740. The molecule has 0 radical (unpaired) electrons. The topological polar surface area (TPSA) is 107 Å². The molecule has 0 spiro atoms. The highest BCUT2D eigenvalue weighted by molar-refractivity contribution is 7.20. The molecule has 3 heterocycles. The molecule has 9 heteroatoms. The van der Waals surface area contributed by atoms with E-state index in [-0.39, 0.29) is 28.5 Å². The number of carbonyl (C=O) groups excluding carboxylic acids is 1. The minimum absolute atomic E-state index is 0.0185. The summed E-state index contributed by atoms with van der Waals surface area (Å²) in [4.78, 5) is 18.3. The van der Waals surface area contributed by atoms with Crippen molar-refractivity contribution in [3.05, 3.63) is 88.4 Å². The molecular formula is C29H24FN5O2S. The predicted molar refractivity (Wildman–Crippen MR) is 143 cm³/mol. The Balaban J connectivity index is 1.59. The fourth-order valence-electron chi connectivity index (χ4n) is 5.24. The van der Waals surface area contributed by atoms with Crippen molar-refractivity contribution < 1.29 is 13.9 Å². The number of thiazole rings is 1. The number of nitrogens with two attached hydrogens (primary N) is 1. The number of aryl methyl sites for hydroxylation is 1. The summed E-state index contributed by atoms with van der Waals surface area (Å²) in [5.41, 5.74) is 10.3. The van der Waals surface area contributed by atoms with Gasteiger partial charge in [-0.2, -0.15) is 10.4 Å². The number of ether oxygens (including phenoxy) is 1. The van der Waals surface area contributed by atoms with E-state index in [1.165, 1.54) is 23.5 Å². The number of fused-ring (bicyclic) bond motifs is 1. The molecule has 6 rings (SSSR count). The smallest absolute Gasteiger partial charge is 0.211 e. The number of nitriles is 1. The molecule has 1 aliphatic heterocycles. The number of halogens is 1. The van der Waals surface area contributed by atoms with Gasteiger partial charge in [-0.15, -0.1) is 0 Å². The van der Waals surface area contributed by atoms with Gasteiger partial charge in [0.25, 0.3) is 0 Å². The number of allylic oxidation sites excluding steroid dienone is 3. The lowest BCUT2D eigenvalue weighted by Gasteiger charge is -2.37. The minimum atomic E-state index is -0.766. The third kappa shape index (κ3) is 3.98. The second-order valence-corrected chi connectivity index (χ2v) is 11.6. The Morgan fingerprint density at radius 1 is 1.21 bits per heavy atom. The van der Waals surface area contributed by atoms with Crippen molar-refractivity contribution in [2.75, 3.05) is 0 Å². The zero-order valence-corrected chi connectivity index (χ0v) is 21.9. The maximum absolute atomic E-state index is 13.8. The van der Waals surface area contributed by atoms with Gasteiger partial charge >= 0.3 is 0 Å². The number of ketones is 1. The number of hydrogen-bond donors (Lipinski definition) is 1. The van der Waals surface area contributed by atoms with E-state index in [4.69, 9.17) is 20.6 Å². The molecule has 38 heavy (non-hydrogen) atoms. The second kappa shape index (κ2) is 8.64. The van der Waals surface area contributed by atoms with Crippen LogP contribution in [0.4, 0.5) is 4.39 Å². The van der Waals surface area contributed by atoms with Crippen LogP contribution in [0.25, 0.3) is 26.6 Å². The molecule has 0 bridgehead atoms. The molecule has 0 saturated carbocycles. The molecule has 190 valence electrons. The number of benzene rings is 2. The van der Waals surface area contributed by atoms with Crippen LogP contribution in [0.1, 0.15) is 43.7 Å². The summed E-state index contributed by atoms with van der Waals surface area (Å²) in [6.45, 7) is 6.03. The molecule has 1 aliphatic carbocycles. The van der Waals surface area contributed by atoms with Gasteiger partial charge < -0.3 is 10.5 Å². The summed E-state index contributed by atoms with van der Waals surface area (Å²) in [6, 6.07) is 14.2. The first-order valence-corrected chi connectivity index (χ1v) is 13.0. The average molecular weight is 526 g/mol. The quantitative estimate of drug-likeness (QED) is 0.349. The predicted octanol–water partition coefficient (Wildman–Crippen LogP) is 6.05. The van der Waals surface area contributed by atoms with E-state index < -0.39 is 5.92 Å². The highest BCUT2D eigenvalue weighted by Gasteiger charge is 2.44. The van der Waals surface area contributed by atoms with E-state index >= 15 is 0 Å². The molecule has 2 aromatic carbocycles. The Kier molecular flexibility index (Phi) is 5.47. The van der Waals surface area contributed by atoms with Crippen LogP contribution in [0.5, 0.6) is 0 Å². The lowest BCUT2D eigenvalue weighted by atomic mass is 9.70. The van der Waals surface area contributed by atoms with Crippen LogP contribution in [0.2, 0.25) is 0 Å². The normalized spacial score (nSPS) is 18.9. The largest absolute Gasteiger partial charge is 0.444 e. The zero-order chi connectivity index (χ0) is 26.8. The third-order valence-electron chi connectivity index (χ3n) is 6.98. The lowest BCUT2D eigenvalue weighted by Crippen LogP contribution is -2.33. The van der Waals surface area contributed by atoms with E-state index in [0.29, 0.717) is 46.1 Å². The molecule has 0 saturated heterocycles. The van der Waals surface area contributed by atoms with Crippen molar-refractivity contribution in [1.82, 2.24) is 14.8 Å². The average Bonchev–Trinajstić information content (AvgIpc) is 3.47. The van der Waals surface area contributed by atoms with Crippen LogP contribution in [0.15, 0.2) is 71.4 Å². The van der Waals surface area contributed by atoms with E-state index in [2.05, 4.69) is 12.1 Å². The molecule has 7 nitrogen and oxygen atoms in total. The summed E-state index contributed by atoms with van der Waals surface area (Å²) < 4.78 is 22.4. The molecule has 2 aromatic heterocycles. The molecule has 1 atom stereocenters. The molecule has 1 unspecified atom stereocenters. The Labute approximate surface area is 222 Å². The first-order valence-electron chi connectivity index (χ1n) is 12.2. The van der Waals surface area contributed by atoms with Crippen LogP contribution in [0, 0.1) is 29.5 Å². The molecule has 0 fully saturated rings. The molecule has 4 aromatic rings. The standard InChI is InChI=1S/C29H24FN5O2S/c1-15-4-9-20-23(10-15)38-28(33-20)35-14-19(26(34-35)16-5-7-17(30)8-6-16)24-18(13-31)27(32)37-22-12-29(2,3)11-21(36)25(22)24/h4-10,14,24H,11-12,32H2,1-3H3. The molecule has 0 amide bonds. The Hall–Kier alpha value is -4.29. The van der Waals surface area contributed by atoms with Crippen LogP contribution >= 0.6 is 11.3 Å². The van der Waals surface area contributed by atoms with Crippen molar-refractivity contribution in [2.24, 2.45) is 11.1 Å². The van der Waals surface area contributed by atoms with Crippen molar-refractivity contribution in [2.45, 2.75) is 39.5 Å². The van der Waals surface area contributed by atoms with E-state index in [9.17, 15) is 14.4 Å². The number of Topliss-reactive ketones (excluding diaryl/α,β-unsaturated/α-hetero) is 1. The van der Waals surface area contributed by atoms with Crippen LogP contribution in [-0.2, 0) is 9.53 Å². The fourth-order valence-corrected chi connectivity index (χ4v) is 6.23. The highest BCUT2D eigenvalue weighted by atomic mass is 32.1. The van der Waals surface area contributed by atoms with Crippen LogP contribution in [0.3, 0.4) is 0 Å². The number of carbonyl (C=O) groups is 1. The van der Waals surface area contributed by atoms with Crippen molar-refractivity contribution in [3.63, 3.8) is 0 Å². The zero-order valence-electron chi connectivity index (χ0n) is 21.1. The fraction of sp³-hybridized carbons (Fsp3) is 0.241. The van der Waals surface area contributed by atoms with Gasteiger partial charge in [-0.25, -0.2) is 14.1 Å². The summed E-state index contributed by atoms with van der Waals surface area (Å²) in [5.74, 6) is -0.762. The Morgan fingerprint density at radius 3 is 2.71 bits per heavy atom. The summed E-state index contributed by atoms with van der Waals surface area (Å²) in [5, 5.41) is 15.6. The van der Waals surface area contributed by atoms with Gasteiger partial charge in [-0.05, 0) is 54.3 Å². The summed E-state index contributed by atoms with van der Waals surface area (Å²) >= 11 is 1.49. The maximum atomic E-state index is 13.8. The first-order chi connectivity index (χ1) is 18.1. The number of aromatic nitrogens is 3. The first kappa shape index (κ1) is 24.1. The van der Waals surface area contributed by atoms with Gasteiger partial charge in [0, 0.05) is 35.7 Å². The minimum Gasteiger partial charge on any atom is -0.444 e. The molecule has 2 aliphatic rings. The van der Waals surface area contributed by atoms with Gasteiger partial charge in [-0.3, -0.25) is 4.79 Å². The number of nitrogens with zero attached hydrogens (tertiary/aromatic N) is 4. The number of hydrogen-bond acceptors (Lipinski definition) is 7. The van der Waals surface area contributed by atoms with Gasteiger partial charge in [0.2, 0.25) is 11.0 Å². The van der Waals surface area contributed by atoms with Gasteiger partial charge in [-0.1, -0.05) is 31.3 Å². The third-order valence-corrected chi connectivity index (χ3v) is 7.98. The van der Waals surface area contributed by atoms with Crippen LogP contribution in [-0.4, -0.2) is 20.5 Å². The van der Waals surface area contributed by atoms with E-state index in [1.54, 1.807) is 23.0 Å². The van der Waals surface area contributed by atoms with Gasteiger partial charge in [0.05, 0.1) is 21.8 Å². The Morgan fingerprint density at radius 2 is 1.97 bits per heavy atom. The van der Waals surface area contributed by atoms with E-state index in [1.807, 2.05) is 32.9 Å². The van der Waals surface area contributed by atoms with Crippen molar-refractivity contribution in [3.8, 4) is 22.5 Å². The van der Waals surface area contributed by atoms with Crippen molar-refractivity contribution >= 4 is 27.3 Å². The second-order valence-electron chi connectivity index (χ2n) is 10.6. The molecular weight excluding hydrogens is 501 g/mol. The lowest BCUT2D eigenvalue weighted by molar-refractivity contribution is -0.119.